The maximum absolute atomic E-state index is 12.7. The van der Waals surface area contributed by atoms with Gasteiger partial charge in [-0.3, -0.25) is 0 Å². The Bertz CT molecular complexity index is 984. The second kappa shape index (κ2) is 9.64. The smallest absolute Gasteiger partial charge is 0.405 e. The van der Waals surface area contributed by atoms with Crippen molar-refractivity contribution in [3.05, 3.63) is 71.8 Å². The van der Waals surface area contributed by atoms with Crippen molar-refractivity contribution >= 4 is 12.2 Å². The number of amides is 2. The van der Waals surface area contributed by atoms with Crippen LogP contribution in [0.25, 0.3) is 0 Å². The van der Waals surface area contributed by atoms with Crippen molar-refractivity contribution in [3.63, 3.8) is 0 Å². The Labute approximate surface area is 200 Å². The molecule has 0 aliphatic heterocycles. The maximum Gasteiger partial charge on any atom is 0.405 e. The van der Waals surface area contributed by atoms with Crippen LogP contribution < -0.4 is 11.5 Å². The molecule has 0 heterocycles. The number of carbonyl (C=O) groups is 2. The Morgan fingerprint density at radius 1 is 0.794 bits per heavy atom. The highest BCUT2D eigenvalue weighted by Gasteiger charge is 2.70. The van der Waals surface area contributed by atoms with Crippen LogP contribution in [-0.2, 0) is 15.1 Å². The number of benzene rings is 2. The van der Waals surface area contributed by atoms with Gasteiger partial charge in [0.25, 0.3) is 0 Å². The zero-order valence-electron chi connectivity index (χ0n) is 20.6. The average molecular weight is 473 g/mol. The van der Waals surface area contributed by atoms with Crippen molar-refractivity contribution in [2.75, 3.05) is 0 Å². The van der Waals surface area contributed by atoms with E-state index in [2.05, 4.69) is 0 Å². The van der Waals surface area contributed by atoms with Crippen molar-refractivity contribution in [1.82, 2.24) is 0 Å². The number of nitrogens with two attached hydrogens (primary N) is 2. The van der Waals surface area contributed by atoms with Gasteiger partial charge < -0.3 is 31.2 Å². The van der Waals surface area contributed by atoms with Gasteiger partial charge in [-0.05, 0) is 16.5 Å². The molecule has 0 aliphatic rings. The molecule has 0 spiro atoms. The van der Waals surface area contributed by atoms with Gasteiger partial charge in [0.2, 0.25) is 0 Å². The minimum absolute atomic E-state index is 0.395. The molecule has 8 heteroatoms. The van der Waals surface area contributed by atoms with Crippen LogP contribution in [0.2, 0.25) is 0 Å². The van der Waals surface area contributed by atoms with E-state index in [1.165, 1.54) is 0 Å². The molecule has 0 fully saturated rings. The van der Waals surface area contributed by atoms with Gasteiger partial charge in [0.15, 0.2) is 11.7 Å². The van der Waals surface area contributed by atoms with E-state index in [-0.39, 0.29) is 0 Å². The Hall–Kier alpha value is -3.10. The van der Waals surface area contributed by atoms with E-state index in [4.69, 9.17) is 20.9 Å². The van der Waals surface area contributed by atoms with Crippen LogP contribution in [0.1, 0.15) is 58.8 Å². The number of ether oxygens (including phenoxy) is 2. The number of rotatable bonds is 7. The van der Waals surface area contributed by atoms with Gasteiger partial charge in [-0.15, -0.1) is 0 Å². The fraction of sp³-hybridized carbons (Fsp3) is 0.462. The molecule has 0 radical (unpaired) electrons. The second-order valence-corrected chi connectivity index (χ2v) is 10.4. The molecular weight excluding hydrogens is 436 g/mol. The molecule has 4 atom stereocenters. The molecule has 2 aromatic carbocycles. The van der Waals surface area contributed by atoms with Gasteiger partial charge >= 0.3 is 12.2 Å². The lowest BCUT2D eigenvalue weighted by Crippen LogP contribution is -2.72. The van der Waals surface area contributed by atoms with E-state index in [0.717, 1.165) is 0 Å². The van der Waals surface area contributed by atoms with E-state index in [0.29, 0.717) is 11.1 Å². The van der Waals surface area contributed by atoms with Crippen LogP contribution in [0.3, 0.4) is 0 Å². The summed E-state index contributed by atoms with van der Waals surface area (Å²) >= 11 is 0. The summed E-state index contributed by atoms with van der Waals surface area (Å²) in [7, 11) is 0. The summed E-state index contributed by atoms with van der Waals surface area (Å²) < 4.78 is 11.2. The van der Waals surface area contributed by atoms with Crippen molar-refractivity contribution < 1.29 is 29.3 Å². The van der Waals surface area contributed by atoms with Gasteiger partial charge in [0.05, 0.1) is 0 Å². The van der Waals surface area contributed by atoms with E-state index in [1.54, 1.807) is 102 Å². The standard InChI is InChI=1S/C26H36N2O6/c1-23(2,3)25(32,20(29)19(33-21(27)30)17-13-9-7-10-14-17)26(24(4,5)6,34-22(28)31)18-15-11-8-12-16-18/h7-16,19-20,29,32H,1-6H3,(H2,27,30)(H2,28,31). The van der Waals surface area contributed by atoms with Crippen LogP contribution in [-0.4, -0.2) is 34.1 Å². The Kier molecular flexibility index (Phi) is 7.70. The molecule has 2 amide bonds. The molecule has 0 saturated carbocycles. The van der Waals surface area contributed by atoms with Crippen LogP contribution >= 0.6 is 0 Å². The SMILES string of the molecule is CC(C)(C)C(OC(N)=O)(c1ccccc1)C(O)(C(O)C(OC(N)=O)c1ccccc1)C(C)(C)C. The lowest BCUT2D eigenvalue weighted by molar-refractivity contribution is -0.299. The summed E-state index contributed by atoms with van der Waals surface area (Å²) in [6.45, 7) is 10.4. The third-order valence-electron chi connectivity index (χ3n) is 6.26. The van der Waals surface area contributed by atoms with Gasteiger partial charge in [-0.25, -0.2) is 9.59 Å². The molecule has 0 aliphatic carbocycles. The molecule has 6 N–H and O–H groups in total. The highest BCUT2D eigenvalue weighted by molar-refractivity contribution is 5.66. The van der Waals surface area contributed by atoms with Gasteiger partial charge in [0, 0.05) is 5.41 Å². The molecule has 8 nitrogen and oxygen atoms in total. The number of hydrogen-bond acceptors (Lipinski definition) is 6. The zero-order chi connectivity index (χ0) is 25.9. The van der Waals surface area contributed by atoms with Crippen LogP contribution in [0, 0.1) is 10.8 Å². The maximum atomic E-state index is 12.7. The van der Waals surface area contributed by atoms with Crippen molar-refractivity contribution in [3.8, 4) is 0 Å². The molecule has 0 aromatic heterocycles. The van der Waals surface area contributed by atoms with E-state index < -0.39 is 46.4 Å². The van der Waals surface area contributed by atoms with Crippen molar-refractivity contribution in [2.45, 2.75) is 65.0 Å². The first kappa shape index (κ1) is 27.1. The van der Waals surface area contributed by atoms with Crippen LogP contribution in [0.15, 0.2) is 60.7 Å². The predicted octanol–water partition coefficient (Wildman–Crippen LogP) is 4.00. The quantitative estimate of drug-likeness (QED) is 0.479. The normalized spacial score (nSPS) is 17.5. The first-order valence-corrected chi connectivity index (χ1v) is 11.0. The molecule has 0 saturated heterocycles. The fourth-order valence-electron chi connectivity index (χ4n) is 4.82. The predicted molar refractivity (Wildman–Crippen MR) is 129 cm³/mol. The fourth-order valence-corrected chi connectivity index (χ4v) is 4.82. The van der Waals surface area contributed by atoms with Crippen molar-refractivity contribution in [2.24, 2.45) is 22.3 Å². The third-order valence-corrected chi connectivity index (χ3v) is 6.26. The first-order chi connectivity index (χ1) is 15.6. The molecule has 0 bridgehead atoms. The molecule has 4 unspecified atom stereocenters. The number of hydrogen-bond donors (Lipinski definition) is 4. The number of primary amides is 2. The minimum atomic E-state index is -2.26. The zero-order valence-corrected chi connectivity index (χ0v) is 20.6. The highest BCUT2D eigenvalue weighted by Crippen LogP contribution is 2.59. The minimum Gasteiger partial charge on any atom is -0.439 e. The summed E-state index contributed by atoms with van der Waals surface area (Å²) in [6, 6.07) is 17.0. The van der Waals surface area contributed by atoms with Crippen LogP contribution in [0.4, 0.5) is 9.59 Å². The van der Waals surface area contributed by atoms with E-state index >= 15 is 0 Å². The monoisotopic (exact) mass is 472 g/mol. The first-order valence-electron chi connectivity index (χ1n) is 11.0. The van der Waals surface area contributed by atoms with Gasteiger partial charge in [0.1, 0.15) is 11.7 Å². The van der Waals surface area contributed by atoms with Gasteiger partial charge in [-0.1, -0.05) is 102 Å². The molecule has 2 aromatic rings. The largest absolute Gasteiger partial charge is 0.439 e. The molecular formula is C26H36N2O6. The van der Waals surface area contributed by atoms with E-state index in [1.807, 2.05) is 0 Å². The molecule has 34 heavy (non-hydrogen) atoms. The van der Waals surface area contributed by atoms with Gasteiger partial charge in [-0.2, -0.15) is 0 Å². The average Bonchev–Trinajstić information content (AvgIpc) is 2.74. The van der Waals surface area contributed by atoms with Crippen LogP contribution in [0.5, 0.6) is 0 Å². The summed E-state index contributed by atoms with van der Waals surface area (Å²) in [5.74, 6) is 0. The Morgan fingerprint density at radius 3 is 1.65 bits per heavy atom. The van der Waals surface area contributed by atoms with Crippen molar-refractivity contribution in [1.29, 1.82) is 0 Å². The topological polar surface area (TPSA) is 145 Å². The molecule has 186 valence electrons. The Morgan fingerprint density at radius 2 is 1.26 bits per heavy atom. The highest BCUT2D eigenvalue weighted by atomic mass is 16.6. The van der Waals surface area contributed by atoms with E-state index in [9.17, 15) is 19.8 Å². The number of carbonyl (C=O) groups excluding carboxylic acids is 2. The summed E-state index contributed by atoms with van der Waals surface area (Å²) in [6.07, 6.45) is -5.46. The number of aliphatic hydroxyl groups excluding tert-OH is 1. The second-order valence-electron chi connectivity index (χ2n) is 10.4. The lowest BCUT2D eigenvalue weighted by Gasteiger charge is -2.60. The molecule has 2 rings (SSSR count). The third kappa shape index (κ3) is 4.74. The lowest BCUT2D eigenvalue weighted by atomic mass is 9.52. The Balaban J connectivity index is 2.98. The summed E-state index contributed by atoms with van der Waals surface area (Å²) in [5, 5.41) is 24.6. The number of aliphatic hydroxyl groups is 2. The summed E-state index contributed by atoms with van der Waals surface area (Å²) in [4.78, 5) is 24.2. The summed E-state index contributed by atoms with van der Waals surface area (Å²) in [5.41, 5.74) is 5.39.